The fraction of sp³-hybridized carbons (Fsp3) is 0. The summed E-state index contributed by atoms with van der Waals surface area (Å²) in [5, 5.41) is 4.55. The third-order valence-corrected chi connectivity index (χ3v) is 13.2. The van der Waals surface area contributed by atoms with Crippen molar-refractivity contribution >= 4 is 65.7 Å². The fourth-order valence-corrected chi connectivity index (χ4v) is 10.1. The number of rotatable bonds is 7. The molecule has 0 spiro atoms. The van der Waals surface area contributed by atoms with Gasteiger partial charge >= 0.3 is 0 Å². The van der Waals surface area contributed by atoms with Crippen LogP contribution in [0.25, 0.3) is 128 Å². The molecular weight excluding hydrogens is 847 g/mol. The Kier molecular flexibility index (Phi) is 8.68. The molecule has 14 rings (SSSR count). The quantitative estimate of drug-likeness (QED) is 0.158. The smallest absolute Gasteiger partial charge is 0.238 e. The van der Waals surface area contributed by atoms with Crippen LogP contribution in [0.1, 0.15) is 0 Å². The van der Waals surface area contributed by atoms with Crippen LogP contribution in [0.2, 0.25) is 0 Å². The van der Waals surface area contributed by atoms with Crippen molar-refractivity contribution in [2.75, 3.05) is 0 Å². The van der Waals surface area contributed by atoms with Crippen LogP contribution < -0.4 is 0 Å². The Morgan fingerprint density at radius 3 is 1.62 bits per heavy atom. The number of fused-ring (bicyclic) bond motifs is 9. The molecule has 0 bridgehead atoms. The Labute approximate surface area is 394 Å². The molecule has 0 amide bonds. The fourth-order valence-electron chi connectivity index (χ4n) is 10.1. The van der Waals surface area contributed by atoms with Gasteiger partial charge in [-0.25, -0.2) is 9.97 Å². The molecule has 7 aromatic heterocycles. The minimum Gasteiger partial charge on any atom is -0.308 e. The van der Waals surface area contributed by atoms with E-state index in [0.717, 1.165) is 105 Å². The van der Waals surface area contributed by atoms with Crippen LogP contribution in [0.5, 0.6) is 0 Å². The zero-order valence-electron chi connectivity index (χ0n) is 36.9. The Bertz CT molecular complexity index is 4250. The molecule has 7 aromatic carbocycles. The Balaban J connectivity index is 0.904. The van der Waals surface area contributed by atoms with Gasteiger partial charge in [0.2, 0.25) is 5.95 Å². The zero-order valence-corrected chi connectivity index (χ0v) is 36.9. The number of hydrogen-bond acceptors (Lipinski definition) is 6. The van der Waals surface area contributed by atoms with Gasteiger partial charge in [0.1, 0.15) is 11.0 Å². The molecule has 0 radical (unpaired) electrons. The lowest BCUT2D eigenvalue weighted by Gasteiger charge is -2.11. The monoisotopic (exact) mass is 883 g/mol. The van der Waals surface area contributed by atoms with E-state index in [1.165, 1.54) is 5.39 Å². The summed E-state index contributed by atoms with van der Waals surface area (Å²) < 4.78 is 6.72. The van der Waals surface area contributed by atoms with Crippen molar-refractivity contribution in [1.29, 1.82) is 0 Å². The molecule has 9 nitrogen and oxygen atoms in total. The normalized spacial score (nSPS) is 11.8. The van der Waals surface area contributed by atoms with Crippen LogP contribution in [-0.2, 0) is 0 Å². The number of hydrogen-bond donors (Lipinski definition) is 0. The molecule has 0 unspecified atom stereocenters. The lowest BCUT2D eigenvalue weighted by atomic mass is 10.0. The number of nitrogens with zero attached hydrogens (tertiary/aromatic N) is 9. The third-order valence-electron chi connectivity index (χ3n) is 13.2. The van der Waals surface area contributed by atoms with E-state index in [4.69, 9.17) is 29.9 Å². The van der Waals surface area contributed by atoms with Gasteiger partial charge in [0.25, 0.3) is 0 Å². The highest BCUT2D eigenvalue weighted by Gasteiger charge is 2.21. The highest BCUT2D eigenvalue weighted by atomic mass is 15.2. The summed E-state index contributed by atoms with van der Waals surface area (Å²) in [7, 11) is 0. The summed E-state index contributed by atoms with van der Waals surface area (Å²) in [6.07, 6.45) is 5.67. The first kappa shape index (κ1) is 38.6. The van der Waals surface area contributed by atoms with Crippen molar-refractivity contribution in [3.8, 4) is 62.5 Å². The van der Waals surface area contributed by atoms with Crippen molar-refractivity contribution in [3.63, 3.8) is 0 Å². The number of pyridine rings is 3. The SMILES string of the molecule is c1ccc(-c2nc(-c3ccccc3)nc(-n3c4ccccc4c4cc(-c5ccc6c7ccccc7n(-c7cncc(-c8ccc9c(n8)c8ncccc8n9-c8ccccc8)c7)c6c5)ccc43)n2)cc1. The molecule has 0 aliphatic rings. The summed E-state index contributed by atoms with van der Waals surface area (Å²) >= 11 is 0. The van der Waals surface area contributed by atoms with Crippen LogP contribution in [-0.4, -0.2) is 43.6 Å². The maximum absolute atomic E-state index is 5.28. The molecule has 14 aromatic rings. The van der Waals surface area contributed by atoms with Gasteiger partial charge in [0.05, 0.1) is 50.7 Å². The van der Waals surface area contributed by atoms with Crippen LogP contribution in [0.3, 0.4) is 0 Å². The van der Waals surface area contributed by atoms with Crippen LogP contribution >= 0.6 is 0 Å². The Hall–Kier alpha value is -9.60. The van der Waals surface area contributed by atoms with E-state index >= 15 is 0 Å². The summed E-state index contributed by atoms with van der Waals surface area (Å²) in [5.74, 6) is 1.80. The first-order chi connectivity index (χ1) is 34.2. The Morgan fingerprint density at radius 1 is 0.304 bits per heavy atom. The predicted octanol–water partition coefficient (Wildman–Crippen LogP) is 14.0. The maximum Gasteiger partial charge on any atom is 0.238 e. The van der Waals surface area contributed by atoms with E-state index in [2.05, 4.69) is 147 Å². The average molecular weight is 884 g/mol. The average Bonchev–Trinajstić information content (AvgIpc) is 4.06. The van der Waals surface area contributed by atoms with Crippen molar-refractivity contribution in [1.82, 2.24) is 43.6 Å². The second-order valence-corrected chi connectivity index (χ2v) is 17.2. The van der Waals surface area contributed by atoms with E-state index in [0.29, 0.717) is 17.6 Å². The van der Waals surface area contributed by atoms with Crippen LogP contribution in [0, 0.1) is 0 Å². The highest BCUT2D eigenvalue weighted by molar-refractivity contribution is 6.12. The first-order valence-corrected chi connectivity index (χ1v) is 22.9. The molecular formula is C60H37N9. The number of para-hydroxylation sites is 3. The molecule has 7 heterocycles. The second-order valence-electron chi connectivity index (χ2n) is 17.2. The van der Waals surface area contributed by atoms with Crippen LogP contribution in [0.15, 0.2) is 225 Å². The predicted molar refractivity (Wildman–Crippen MR) is 278 cm³/mol. The summed E-state index contributed by atoms with van der Waals surface area (Å²) in [6.45, 7) is 0. The van der Waals surface area contributed by atoms with Gasteiger partial charge in [-0.15, -0.1) is 0 Å². The van der Waals surface area contributed by atoms with Crippen molar-refractivity contribution < 1.29 is 0 Å². The molecule has 0 saturated carbocycles. The number of aromatic nitrogens is 9. The summed E-state index contributed by atoms with van der Waals surface area (Å²) in [4.78, 5) is 30.2. The third kappa shape index (κ3) is 6.25. The van der Waals surface area contributed by atoms with Gasteiger partial charge in [0, 0.05) is 56.3 Å². The van der Waals surface area contributed by atoms with E-state index in [-0.39, 0.29) is 0 Å². The molecule has 0 atom stereocenters. The van der Waals surface area contributed by atoms with E-state index < -0.39 is 0 Å². The lowest BCUT2D eigenvalue weighted by molar-refractivity contribution is 0.953. The van der Waals surface area contributed by atoms with Crippen LogP contribution in [0.4, 0.5) is 0 Å². The van der Waals surface area contributed by atoms with E-state index in [1.807, 2.05) is 91.4 Å². The molecule has 0 fully saturated rings. The van der Waals surface area contributed by atoms with Gasteiger partial charge in [0.15, 0.2) is 11.6 Å². The van der Waals surface area contributed by atoms with Gasteiger partial charge < -0.3 is 9.13 Å². The molecule has 69 heavy (non-hydrogen) atoms. The highest BCUT2D eigenvalue weighted by Crippen LogP contribution is 2.39. The molecule has 0 aliphatic carbocycles. The van der Waals surface area contributed by atoms with Gasteiger partial charge in [-0.3, -0.25) is 14.5 Å². The van der Waals surface area contributed by atoms with E-state index in [9.17, 15) is 0 Å². The maximum atomic E-state index is 5.28. The minimum atomic E-state index is 0.564. The number of benzene rings is 7. The van der Waals surface area contributed by atoms with Crippen molar-refractivity contribution in [2.24, 2.45) is 0 Å². The molecule has 0 N–H and O–H groups in total. The first-order valence-electron chi connectivity index (χ1n) is 22.9. The van der Waals surface area contributed by atoms with Gasteiger partial charge in [-0.05, 0) is 83.9 Å². The molecule has 0 aliphatic heterocycles. The largest absolute Gasteiger partial charge is 0.308 e. The van der Waals surface area contributed by atoms with E-state index in [1.54, 1.807) is 0 Å². The second kappa shape index (κ2) is 15.5. The standard InChI is InChI=1S/C60H37N9/c1-4-15-38(16-5-1)58-64-59(39-17-6-2-7-18-39)66-60(65-58)69-51-24-13-11-22-46(51)48-34-40(27-30-52(48)69)41-26-28-47-45-21-10-12-23-50(45)68(55(47)35-41)44-33-42(36-61-37-44)49-29-31-54-57(63-49)56-53(25-14-32-62-56)67(54)43-19-8-3-9-20-43/h1-37H. The molecule has 322 valence electrons. The minimum absolute atomic E-state index is 0.564. The zero-order chi connectivity index (χ0) is 45.4. The molecule has 0 saturated heterocycles. The summed E-state index contributed by atoms with van der Waals surface area (Å²) in [5.41, 5.74) is 15.7. The van der Waals surface area contributed by atoms with Crippen molar-refractivity contribution in [2.45, 2.75) is 0 Å². The Morgan fingerprint density at radius 2 is 0.870 bits per heavy atom. The summed E-state index contributed by atoms with van der Waals surface area (Å²) in [6, 6.07) is 71.7. The van der Waals surface area contributed by atoms with Gasteiger partial charge in [-0.1, -0.05) is 133 Å². The molecule has 9 heteroatoms. The lowest BCUT2D eigenvalue weighted by Crippen LogP contribution is -2.06. The topological polar surface area (TPSA) is 92.1 Å². The van der Waals surface area contributed by atoms with Crippen molar-refractivity contribution in [3.05, 3.63) is 225 Å². The van der Waals surface area contributed by atoms with Gasteiger partial charge in [-0.2, -0.15) is 9.97 Å².